The highest BCUT2D eigenvalue weighted by Crippen LogP contribution is 2.70. The Bertz CT molecular complexity index is 1050. The van der Waals surface area contributed by atoms with Crippen LogP contribution in [0.25, 0.3) is 0 Å². The molecule has 1 heterocycles. The maximum atomic E-state index is 17.1. The lowest BCUT2D eigenvalue weighted by Gasteiger charge is -2.62. The Morgan fingerprint density at radius 1 is 1.33 bits per heavy atom. The third-order valence-corrected chi connectivity index (χ3v) is 9.60. The van der Waals surface area contributed by atoms with Gasteiger partial charge in [0.05, 0.1) is 18.6 Å². The molecule has 0 radical (unpaired) electrons. The van der Waals surface area contributed by atoms with E-state index >= 15 is 4.39 Å². The second-order valence-electron chi connectivity index (χ2n) is 11.0. The smallest absolute Gasteiger partial charge is 0.253 e. The molecule has 5 rings (SSSR count). The largest absolute Gasteiger partial charge is 0.472 e. The van der Waals surface area contributed by atoms with Crippen LogP contribution in [0.4, 0.5) is 4.39 Å². The fourth-order valence-corrected chi connectivity index (χ4v) is 7.74. The first-order valence-electron chi connectivity index (χ1n) is 11.8. The quantitative estimate of drug-likeness (QED) is 0.647. The normalized spacial score (nSPS) is 46.2. The molecule has 6 nitrogen and oxygen atoms in total. The van der Waals surface area contributed by atoms with Crippen molar-refractivity contribution in [3.8, 4) is 0 Å². The van der Waals surface area contributed by atoms with E-state index in [2.05, 4.69) is 5.32 Å². The first-order valence-corrected chi connectivity index (χ1v) is 11.8. The molecule has 3 saturated carbocycles. The van der Waals surface area contributed by atoms with Crippen LogP contribution >= 0.6 is 0 Å². The summed E-state index contributed by atoms with van der Waals surface area (Å²) < 4.78 is 22.2. The van der Waals surface area contributed by atoms with Crippen molar-refractivity contribution < 1.29 is 28.6 Å². The van der Waals surface area contributed by atoms with E-state index in [-0.39, 0.29) is 24.7 Å². The minimum atomic E-state index is -1.98. The molecule has 0 unspecified atom stereocenters. The summed E-state index contributed by atoms with van der Waals surface area (Å²) in [7, 11) is 0. The summed E-state index contributed by atoms with van der Waals surface area (Å²) >= 11 is 0. The van der Waals surface area contributed by atoms with Crippen LogP contribution in [0.3, 0.4) is 0 Å². The van der Waals surface area contributed by atoms with Gasteiger partial charge in [-0.25, -0.2) is 4.39 Å². The fraction of sp³-hybridized carbons (Fsp3) is 0.615. The van der Waals surface area contributed by atoms with Gasteiger partial charge in [-0.1, -0.05) is 25.5 Å². The molecule has 1 amide bonds. The lowest BCUT2D eigenvalue weighted by atomic mass is 9.44. The molecule has 0 saturated heterocycles. The molecule has 7 heteroatoms. The van der Waals surface area contributed by atoms with Crippen LogP contribution in [0.15, 0.2) is 46.8 Å². The van der Waals surface area contributed by atoms with Crippen molar-refractivity contribution in [3.05, 3.63) is 48.0 Å². The molecular weight excluding hydrogens is 425 g/mol. The molecule has 0 bridgehead atoms. The van der Waals surface area contributed by atoms with Crippen LogP contribution in [-0.2, 0) is 16.1 Å². The fourth-order valence-electron chi connectivity index (χ4n) is 7.74. The van der Waals surface area contributed by atoms with Gasteiger partial charge in [-0.2, -0.15) is 0 Å². The summed E-state index contributed by atoms with van der Waals surface area (Å²) in [6.45, 7) is 5.65. The number of alkyl halides is 1. The van der Waals surface area contributed by atoms with Crippen molar-refractivity contribution in [3.63, 3.8) is 0 Å². The number of nitrogens with one attached hydrogen (secondary N) is 1. The number of hydrogen-bond donors (Lipinski definition) is 3. The Morgan fingerprint density at radius 2 is 2.09 bits per heavy atom. The van der Waals surface area contributed by atoms with Gasteiger partial charge in [0.2, 0.25) is 0 Å². The number of carbonyl (C=O) groups is 2. The molecule has 3 N–H and O–H groups in total. The predicted octanol–water partition coefficient (Wildman–Crippen LogP) is 3.24. The van der Waals surface area contributed by atoms with Gasteiger partial charge in [-0.05, 0) is 62.7 Å². The number of aliphatic hydroxyl groups excluding tert-OH is 1. The highest BCUT2D eigenvalue weighted by Gasteiger charge is 2.75. The summed E-state index contributed by atoms with van der Waals surface area (Å²) in [6.07, 6.45) is 7.67. The van der Waals surface area contributed by atoms with Crippen molar-refractivity contribution in [1.82, 2.24) is 5.32 Å². The molecule has 178 valence electrons. The number of fused-ring (bicyclic) bond motifs is 5. The SMILES string of the molecule is C[C@@H]1C[C@H]2[C@@H]3CCC4=CC(=O)C=C[C@]4(C)[C@@]3(F)[C@@H](O)C[C@]2(C)[C@@]1(O)C(=O)NCc1ccoc1. The lowest BCUT2D eigenvalue weighted by molar-refractivity contribution is -0.219. The number of allylic oxidation sites excluding steroid dienone is 4. The summed E-state index contributed by atoms with van der Waals surface area (Å²) in [5.74, 6) is -1.87. The van der Waals surface area contributed by atoms with E-state index in [1.165, 1.54) is 24.7 Å². The molecule has 33 heavy (non-hydrogen) atoms. The Kier molecular flexibility index (Phi) is 4.87. The highest BCUT2D eigenvalue weighted by molar-refractivity contribution is 6.01. The number of carbonyl (C=O) groups excluding carboxylic acids is 2. The Hall–Kier alpha value is -2.25. The number of furan rings is 1. The number of halogens is 1. The molecule has 4 aliphatic carbocycles. The number of hydrogen-bond acceptors (Lipinski definition) is 5. The second kappa shape index (κ2) is 7.12. The van der Waals surface area contributed by atoms with Gasteiger partial charge in [0, 0.05) is 28.9 Å². The van der Waals surface area contributed by atoms with Gasteiger partial charge in [-0.3, -0.25) is 9.59 Å². The van der Waals surface area contributed by atoms with E-state index in [1.807, 2.05) is 13.8 Å². The topological polar surface area (TPSA) is 99.8 Å². The molecule has 0 aliphatic heterocycles. The summed E-state index contributed by atoms with van der Waals surface area (Å²) in [4.78, 5) is 25.3. The number of ketones is 1. The zero-order valence-corrected chi connectivity index (χ0v) is 19.3. The molecule has 1 aromatic rings. The average Bonchev–Trinajstić information content (AvgIpc) is 3.35. The van der Waals surface area contributed by atoms with E-state index in [9.17, 15) is 19.8 Å². The lowest BCUT2D eigenvalue weighted by Crippen LogP contribution is -2.70. The van der Waals surface area contributed by atoms with E-state index in [0.29, 0.717) is 19.3 Å². The van der Waals surface area contributed by atoms with Gasteiger partial charge in [0.25, 0.3) is 5.91 Å². The van der Waals surface area contributed by atoms with Crippen LogP contribution in [-0.4, -0.2) is 39.3 Å². The molecule has 4 aliphatic rings. The predicted molar refractivity (Wildman–Crippen MR) is 118 cm³/mol. The van der Waals surface area contributed by atoms with Gasteiger partial charge in [-0.15, -0.1) is 0 Å². The van der Waals surface area contributed by atoms with Crippen molar-refractivity contribution in [2.24, 2.45) is 28.6 Å². The maximum Gasteiger partial charge on any atom is 0.253 e. The van der Waals surface area contributed by atoms with Gasteiger partial charge >= 0.3 is 0 Å². The monoisotopic (exact) mass is 457 g/mol. The van der Waals surface area contributed by atoms with Crippen LogP contribution in [0.5, 0.6) is 0 Å². The zero-order chi connectivity index (χ0) is 23.8. The van der Waals surface area contributed by atoms with E-state index in [4.69, 9.17) is 4.42 Å². The van der Waals surface area contributed by atoms with Gasteiger partial charge in [0.15, 0.2) is 17.1 Å². The average molecular weight is 458 g/mol. The van der Waals surface area contributed by atoms with Crippen molar-refractivity contribution in [2.45, 2.75) is 70.4 Å². The van der Waals surface area contributed by atoms with Crippen LogP contribution < -0.4 is 5.32 Å². The van der Waals surface area contributed by atoms with Crippen molar-refractivity contribution in [2.75, 3.05) is 0 Å². The van der Waals surface area contributed by atoms with Crippen molar-refractivity contribution in [1.29, 1.82) is 0 Å². The standard InChI is InChI=1S/C26H32FNO5/c1-15-10-20-19-5-4-17-11-18(29)6-8-23(17,2)25(19,27)21(30)12-24(20,3)26(15,32)22(31)28-13-16-7-9-33-14-16/h6-9,11,14-15,19-21,30,32H,4-5,10,12-13H2,1-3H3,(H,28,31)/t15-,19+,20+,21+,23+,24+,25+,26+/m1/s1. The summed E-state index contributed by atoms with van der Waals surface area (Å²) in [5, 5.41) is 26.1. The molecule has 0 aromatic carbocycles. The third-order valence-electron chi connectivity index (χ3n) is 9.60. The molecule has 8 atom stereocenters. The number of aliphatic hydroxyl groups is 2. The zero-order valence-electron chi connectivity index (χ0n) is 19.3. The van der Waals surface area contributed by atoms with E-state index in [0.717, 1.165) is 11.1 Å². The number of rotatable bonds is 3. The molecule has 0 spiro atoms. The first-order chi connectivity index (χ1) is 15.5. The van der Waals surface area contributed by atoms with Crippen molar-refractivity contribution >= 4 is 11.7 Å². The Morgan fingerprint density at radius 3 is 2.79 bits per heavy atom. The van der Waals surface area contributed by atoms with Crippen LogP contribution in [0.2, 0.25) is 0 Å². The first kappa shape index (κ1) is 22.5. The summed E-state index contributed by atoms with van der Waals surface area (Å²) in [5.41, 5.74) is -4.29. The minimum Gasteiger partial charge on any atom is -0.472 e. The third kappa shape index (κ3) is 2.72. The maximum absolute atomic E-state index is 17.1. The van der Waals surface area contributed by atoms with Gasteiger partial charge < -0.3 is 19.9 Å². The van der Waals surface area contributed by atoms with E-state index in [1.54, 1.807) is 19.1 Å². The second-order valence-corrected chi connectivity index (χ2v) is 11.0. The number of amides is 1. The van der Waals surface area contributed by atoms with Crippen LogP contribution in [0, 0.1) is 28.6 Å². The Labute approximate surface area is 192 Å². The molecular formula is C26H32FNO5. The molecule has 3 fully saturated rings. The van der Waals surface area contributed by atoms with Crippen LogP contribution in [0.1, 0.15) is 52.0 Å². The highest BCUT2D eigenvalue weighted by atomic mass is 19.1. The molecule has 1 aromatic heterocycles. The minimum absolute atomic E-state index is 0.0324. The van der Waals surface area contributed by atoms with E-state index < -0.39 is 45.9 Å². The van der Waals surface area contributed by atoms with Gasteiger partial charge in [0.1, 0.15) is 0 Å². The Balaban J connectivity index is 1.50. The summed E-state index contributed by atoms with van der Waals surface area (Å²) in [6, 6.07) is 1.74.